The van der Waals surface area contributed by atoms with Crippen LogP contribution in [-0.2, 0) is 7.05 Å². The first-order chi connectivity index (χ1) is 7.04. The molecule has 1 aromatic heterocycles. The molecule has 1 rings (SSSR count). The van der Waals surface area contributed by atoms with E-state index in [9.17, 15) is 4.79 Å². The largest absolute Gasteiger partial charge is 0.350 e. The Morgan fingerprint density at radius 1 is 1.67 bits per heavy atom. The highest BCUT2D eigenvalue weighted by atomic mass is 79.9. The van der Waals surface area contributed by atoms with Gasteiger partial charge in [-0.05, 0) is 27.9 Å². The first-order valence-electron chi connectivity index (χ1n) is 5.14. The van der Waals surface area contributed by atoms with E-state index in [0.717, 1.165) is 17.4 Å². The molecule has 3 nitrogen and oxygen atoms in total. The van der Waals surface area contributed by atoms with E-state index in [0.29, 0.717) is 11.6 Å². The number of carbonyl (C=O) groups is 1. The maximum Gasteiger partial charge on any atom is 0.267 e. The van der Waals surface area contributed by atoms with E-state index in [1.807, 2.05) is 23.9 Å². The Morgan fingerprint density at radius 2 is 2.33 bits per heavy atom. The molecule has 15 heavy (non-hydrogen) atoms. The third-order valence-electron chi connectivity index (χ3n) is 2.51. The van der Waals surface area contributed by atoms with Gasteiger partial charge in [0.2, 0.25) is 0 Å². The summed E-state index contributed by atoms with van der Waals surface area (Å²) in [4.78, 5) is 11.7. The zero-order valence-electron chi connectivity index (χ0n) is 9.38. The predicted molar refractivity (Wildman–Crippen MR) is 64.9 cm³/mol. The summed E-state index contributed by atoms with van der Waals surface area (Å²) in [6, 6.07) is 1.83. The fraction of sp³-hybridized carbons (Fsp3) is 0.545. The number of nitrogens with zero attached hydrogens (tertiary/aromatic N) is 1. The zero-order chi connectivity index (χ0) is 11.4. The van der Waals surface area contributed by atoms with Gasteiger partial charge in [0.05, 0.1) is 0 Å². The molecule has 1 amide bonds. The van der Waals surface area contributed by atoms with E-state index in [-0.39, 0.29) is 5.91 Å². The van der Waals surface area contributed by atoms with Crippen molar-refractivity contribution in [3.05, 3.63) is 22.4 Å². The first kappa shape index (κ1) is 12.3. The zero-order valence-corrected chi connectivity index (χ0v) is 11.0. The van der Waals surface area contributed by atoms with Gasteiger partial charge in [0.15, 0.2) is 0 Å². The second kappa shape index (κ2) is 5.35. The van der Waals surface area contributed by atoms with Gasteiger partial charge < -0.3 is 9.88 Å². The lowest BCUT2D eigenvalue weighted by Crippen LogP contribution is -2.29. The van der Waals surface area contributed by atoms with E-state index in [1.165, 1.54) is 0 Å². The summed E-state index contributed by atoms with van der Waals surface area (Å²) in [5.74, 6) is 0.515. The molecule has 1 N–H and O–H groups in total. The van der Waals surface area contributed by atoms with Crippen molar-refractivity contribution in [2.75, 3.05) is 6.54 Å². The van der Waals surface area contributed by atoms with Crippen LogP contribution in [0.1, 0.15) is 30.8 Å². The summed E-state index contributed by atoms with van der Waals surface area (Å²) in [5.41, 5.74) is 0.685. The predicted octanol–water partition coefficient (Wildman–Crippen LogP) is 2.56. The van der Waals surface area contributed by atoms with Crippen LogP contribution in [0, 0.1) is 5.92 Å². The molecular formula is C11H17BrN2O. The lowest BCUT2D eigenvalue weighted by molar-refractivity contribution is 0.0939. The molecule has 0 fully saturated rings. The topological polar surface area (TPSA) is 34.0 Å². The van der Waals surface area contributed by atoms with Gasteiger partial charge >= 0.3 is 0 Å². The third-order valence-corrected chi connectivity index (χ3v) is 2.95. The molecule has 1 unspecified atom stereocenters. The molecule has 0 aromatic carbocycles. The molecule has 0 aliphatic carbocycles. The number of amides is 1. The summed E-state index contributed by atoms with van der Waals surface area (Å²) in [5, 5.41) is 2.92. The van der Waals surface area contributed by atoms with Crippen molar-refractivity contribution in [3.8, 4) is 0 Å². The summed E-state index contributed by atoms with van der Waals surface area (Å²) in [6.07, 6.45) is 2.95. The minimum absolute atomic E-state index is 0.0106. The molecule has 0 bridgehead atoms. The summed E-state index contributed by atoms with van der Waals surface area (Å²) < 4.78 is 2.74. The van der Waals surface area contributed by atoms with Crippen LogP contribution in [0.25, 0.3) is 0 Å². The number of carbonyl (C=O) groups excluding carboxylic acids is 1. The highest BCUT2D eigenvalue weighted by Gasteiger charge is 2.11. The van der Waals surface area contributed by atoms with Gasteiger partial charge in [-0.15, -0.1) is 0 Å². The maximum absolute atomic E-state index is 11.7. The van der Waals surface area contributed by atoms with Crippen LogP contribution >= 0.6 is 15.9 Å². The van der Waals surface area contributed by atoms with Crippen LogP contribution in [0.3, 0.4) is 0 Å². The van der Waals surface area contributed by atoms with Crippen molar-refractivity contribution in [3.63, 3.8) is 0 Å². The van der Waals surface area contributed by atoms with Crippen LogP contribution < -0.4 is 5.32 Å². The molecule has 0 aliphatic heterocycles. The number of rotatable bonds is 4. The monoisotopic (exact) mass is 272 g/mol. The van der Waals surface area contributed by atoms with Crippen molar-refractivity contribution in [2.24, 2.45) is 13.0 Å². The van der Waals surface area contributed by atoms with Gasteiger partial charge in [0.25, 0.3) is 5.91 Å². The Balaban J connectivity index is 2.58. The molecule has 84 valence electrons. The lowest BCUT2D eigenvalue weighted by Gasteiger charge is -2.10. The molecule has 0 spiro atoms. The van der Waals surface area contributed by atoms with E-state index in [2.05, 4.69) is 35.1 Å². The van der Waals surface area contributed by atoms with Gasteiger partial charge in [-0.3, -0.25) is 4.79 Å². The van der Waals surface area contributed by atoms with Crippen LogP contribution in [-0.4, -0.2) is 17.0 Å². The van der Waals surface area contributed by atoms with Crippen molar-refractivity contribution >= 4 is 21.8 Å². The molecule has 1 heterocycles. The molecule has 1 atom stereocenters. The summed E-state index contributed by atoms with van der Waals surface area (Å²) in [6.45, 7) is 4.98. The van der Waals surface area contributed by atoms with E-state index in [4.69, 9.17) is 0 Å². The van der Waals surface area contributed by atoms with Crippen LogP contribution in [0.5, 0.6) is 0 Å². The standard InChI is InChI=1S/C11H17BrN2O/c1-4-8(2)6-13-11(15)10-5-9(12)7-14(10)3/h5,7-8H,4,6H2,1-3H3,(H,13,15). The molecule has 0 aliphatic rings. The van der Waals surface area contributed by atoms with E-state index >= 15 is 0 Å². The lowest BCUT2D eigenvalue weighted by atomic mass is 10.1. The number of nitrogens with one attached hydrogen (secondary N) is 1. The fourth-order valence-corrected chi connectivity index (χ4v) is 1.78. The molecule has 0 saturated heterocycles. The third kappa shape index (κ3) is 3.38. The number of aromatic nitrogens is 1. The highest BCUT2D eigenvalue weighted by molar-refractivity contribution is 9.10. The Morgan fingerprint density at radius 3 is 2.80 bits per heavy atom. The van der Waals surface area contributed by atoms with Crippen LogP contribution in [0.15, 0.2) is 16.7 Å². The molecule has 0 saturated carbocycles. The number of hydrogen-bond donors (Lipinski definition) is 1. The number of hydrogen-bond acceptors (Lipinski definition) is 1. The second-order valence-corrected chi connectivity index (χ2v) is 4.79. The smallest absolute Gasteiger partial charge is 0.267 e. The van der Waals surface area contributed by atoms with Gasteiger partial charge in [-0.2, -0.15) is 0 Å². The second-order valence-electron chi connectivity index (χ2n) is 3.88. The van der Waals surface area contributed by atoms with Crippen LogP contribution in [0.2, 0.25) is 0 Å². The van der Waals surface area contributed by atoms with Gasteiger partial charge in [-0.25, -0.2) is 0 Å². The Hall–Kier alpha value is -0.770. The average molecular weight is 273 g/mol. The number of aryl methyl sites for hydroxylation is 1. The highest BCUT2D eigenvalue weighted by Crippen LogP contribution is 2.13. The number of halogens is 1. The Labute approximate surface area is 99.0 Å². The summed E-state index contributed by atoms with van der Waals surface area (Å²) in [7, 11) is 1.86. The normalized spacial score (nSPS) is 12.5. The first-order valence-corrected chi connectivity index (χ1v) is 5.94. The molecule has 1 aromatic rings. The molecule has 4 heteroatoms. The van der Waals surface area contributed by atoms with Crippen molar-refractivity contribution < 1.29 is 4.79 Å². The van der Waals surface area contributed by atoms with Crippen molar-refractivity contribution in [2.45, 2.75) is 20.3 Å². The minimum atomic E-state index is -0.0106. The van der Waals surface area contributed by atoms with Crippen LogP contribution in [0.4, 0.5) is 0 Å². The Bertz CT molecular complexity index is 346. The van der Waals surface area contributed by atoms with Gasteiger partial charge in [-0.1, -0.05) is 20.3 Å². The molecular weight excluding hydrogens is 256 g/mol. The average Bonchev–Trinajstić information content (AvgIpc) is 2.53. The SMILES string of the molecule is CCC(C)CNC(=O)c1cc(Br)cn1C. The quantitative estimate of drug-likeness (QED) is 0.898. The van der Waals surface area contributed by atoms with Gasteiger partial charge in [0.1, 0.15) is 5.69 Å². The molecule has 0 radical (unpaired) electrons. The maximum atomic E-state index is 11.7. The summed E-state index contributed by atoms with van der Waals surface area (Å²) >= 11 is 3.34. The van der Waals surface area contributed by atoms with Crippen molar-refractivity contribution in [1.82, 2.24) is 9.88 Å². The minimum Gasteiger partial charge on any atom is -0.350 e. The Kier molecular flexibility index (Phi) is 4.39. The fourth-order valence-electron chi connectivity index (χ4n) is 1.25. The van der Waals surface area contributed by atoms with Crippen molar-refractivity contribution in [1.29, 1.82) is 0 Å². The van der Waals surface area contributed by atoms with Gasteiger partial charge in [0, 0.05) is 24.3 Å². The van der Waals surface area contributed by atoms with E-state index in [1.54, 1.807) is 0 Å². The van der Waals surface area contributed by atoms with E-state index < -0.39 is 0 Å².